The van der Waals surface area contributed by atoms with Crippen molar-refractivity contribution in [3.63, 3.8) is 0 Å². The number of hydrogen-bond donors (Lipinski definition) is 1. The van der Waals surface area contributed by atoms with Gasteiger partial charge in [-0.25, -0.2) is 8.78 Å². The van der Waals surface area contributed by atoms with E-state index in [2.05, 4.69) is 0 Å². The molecule has 200 valence electrons. The highest BCUT2D eigenvalue weighted by atomic mass is 35.5. The van der Waals surface area contributed by atoms with E-state index in [1.165, 1.54) is 24.3 Å². The number of hydrogen-bond acceptors (Lipinski definition) is 4. The summed E-state index contributed by atoms with van der Waals surface area (Å²) in [5, 5.41) is 7.89. The molecule has 1 fully saturated rings. The van der Waals surface area contributed by atoms with Crippen molar-refractivity contribution in [3.05, 3.63) is 69.7 Å². The summed E-state index contributed by atoms with van der Waals surface area (Å²) in [5.74, 6) is -1.47. The molecule has 11 heteroatoms. The van der Waals surface area contributed by atoms with Crippen LogP contribution in [-0.4, -0.2) is 55.8 Å². The Balaban J connectivity index is 0.000000443. The van der Waals surface area contributed by atoms with Gasteiger partial charge in [-0.05, 0) is 63.6 Å². The van der Waals surface area contributed by atoms with E-state index >= 15 is 0 Å². The lowest BCUT2D eigenvalue weighted by Crippen LogP contribution is -2.51. The molecule has 1 saturated heterocycles. The van der Waals surface area contributed by atoms with Gasteiger partial charge >= 0.3 is 0 Å². The maximum absolute atomic E-state index is 13.8. The minimum Gasteiger partial charge on any atom is -0.481 e. The van der Waals surface area contributed by atoms with Gasteiger partial charge < -0.3 is 14.7 Å². The lowest BCUT2D eigenvalue weighted by Gasteiger charge is -2.40. The fourth-order valence-electron chi connectivity index (χ4n) is 3.13. The molecule has 3 atom stereocenters. The van der Waals surface area contributed by atoms with Crippen LogP contribution in [0.1, 0.15) is 46.2 Å². The second kappa shape index (κ2) is 14.6. The summed E-state index contributed by atoms with van der Waals surface area (Å²) < 4.78 is 43.3. The number of carbonyl (C=O) groups is 2. The molecule has 0 aliphatic carbocycles. The van der Waals surface area contributed by atoms with E-state index in [1.54, 1.807) is 23.1 Å². The number of aliphatic carboxylic acids is 1. The highest BCUT2D eigenvalue weighted by Crippen LogP contribution is 2.30. The van der Waals surface area contributed by atoms with Crippen molar-refractivity contribution in [2.24, 2.45) is 0 Å². The highest BCUT2D eigenvalue weighted by Gasteiger charge is 2.35. The molecule has 3 rings (SSSR count). The van der Waals surface area contributed by atoms with Crippen LogP contribution in [0, 0.1) is 11.6 Å². The van der Waals surface area contributed by atoms with Gasteiger partial charge in [-0.2, -0.15) is 0 Å². The SMILES string of the molecule is CC(=O)O.CC(CS(=O)C(C)(C)C)N1C(=O)COCC1c1ccc(Cl)c(F)c1.Fc1cccc(Cl)c1. The van der Waals surface area contributed by atoms with Gasteiger partial charge in [0.1, 0.15) is 18.2 Å². The minimum atomic E-state index is -1.09. The van der Waals surface area contributed by atoms with Crippen molar-refractivity contribution >= 4 is 45.9 Å². The summed E-state index contributed by atoms with van der Waals surface area (Å²) >= 11 is 11.1. The third-order valence-corrected chi connectivity index (χ3v) is 7.48. The molecular weight excluding hydrogens is 535 g/mol. The molecule has 36 heavy (non-hydrogen) atoms. The average Bonchev–Trinajstić information content (AvgIpc) is 2.74. The maximum Gasteiger partial charge on any atom is 0.300 e. The van der Waals surface area contributed by atoms with Crippen LogP contribution < -0.4 is 0 Å². The van der Waals surface area contributed by atoms with Gasteiger partial charge in [0.2, 0.25) is 5.91 Å². The zero-order valence-electron chi connectivity index (χ0n) is 20.8. The van der Waals surface area contributed by atoms with Gasteiger partial charge in [-0.1, -0.05) is 35.3 Å². The van der Waals surface area contributed by atoms with E-state index < -0.39 is 28.6 Å². The molecule has 2 aromatic carbocycles. The highest BCUT2D eigenvalue weighted by molar-refractivity contribution is 7.86. The number of carboxylic acids is 1. The number of carbonyl (C=O) groups excluding carboxylic acids is 1. The van der Waals surface area contributed by atoms with Crippen LogP contribution >= 0.6 is 23.2 Å². The number of carboxylic acid groups (broad SMARTS) is 1. The van der Waals surface area contributed by atoms with Crippen molar-refractivity contribution in [1.29, 1.82) is 0 Å². The van der Waals surface area contributed by atoms with E-state index in [0.717, 1.165) is 6.92 Å². The smallest absolute Gasteiger partial charge is 0.300 e. The largest absolute Gasteiger partial charge is 0.481 e. The third-order valence-electron chi connectivity index (χ3n) is 4.79. The Morgan fingerprint density at radius 3 is 2.31 bits per heavy atom. The summed E-state index contributed by atoms with van der Waals surface area (Å²) in [6.07, 6.45) is 0. The topological polar surface area (TPSA) is 83.9 Å². The lowest BCUT2D eigenvalue weighted by molar-refractivity contribution is -0.151. The fraction of sp³-hybridized carbons (Fsp3) is 0.440. The Morgan fingerprint density at radius 2 is 1.83 bits per heavy atom. The van der Waals surface area contributed by atoms with E-state index in [9.17, 15) is 17.8 Å². The van der Waals surface area contributed by atoms with Crippen LogP contribution in [0.3, 0.4) is 0 Å². The number of morpholine rings is 1. The van der Waals surface area contributed by atoms with Crippen molar-refractivity contribution in [3.8, 4) is 0 Å². The number of benzene rings is 2. The lowest BCUT2D eigenvalue weighted by atomic mass is 10.0. The van der Waals surface area contributed by atoms with Crippen molar-refractivity contribution in [2.75, 3.05) is 19.0 Å². The first-order chi connectivity index (χ1) is 16.6. The van der Waals surface area contributed by atoms with Crippen LogP contribution in [0.5, 0.6) is 0 Å². The van der Waals surface area contributed by atoms with Crippen LogP contribution in [0.15, 0.2) is 42.5 Å². The van der Waals surface area contributed by atoms with Crippen LogP contribution in [0.2, 0.25) is 10.0 Å². The Kier molecular flexibility index (Phi) is 13.0. The van der Waals surface area contributed by atoms with Crippen molar-refractivity contribution in [2.45, 2.75) is 51.4 Å². The Labute approximate surface area is 223 Å². The Hall–Kier alpha value is -2.07. The van der Waals surface area contributed by atoms with Gasteiger partial charge in [0, 0.05) is 39.3 Å². The molecule has 0 bridgehead atoms. The number of rotatable bonds is 4. The van der Waals surface area contributed by atoms with Gasteiger partial charge in [-0.3, -0.25) is 13.8 Å². The Bertz CT molecular complexity index is 1040. The van der Waals surface area contributed by atoms with Crippen molar-refractivity contribution < 1.29 is 32.4 Å². The number of ether oxygens (including phenoxy) is 1. The predicted molar refractivity (Wildman–Crippen MR) is 139 cm³/mol. The molecule has 1 aliphatic heterocycles. The summed E-state index contributed by atoms with van der Waals surface area (Å²) in [6, 6.07) is 9.65. The van der Waals surface area contributed by atoms with Gasteiger partial charge in [0.25, 0.3) is 5.97 Å². The summed E-state index contributed by atoms with van der Waals surface area (Å²) in [6.45, 7) is 8.93. The normalized spacial score (nSPS) is 17.2. The zero-order valence-corrected chi connectivity index (χ0v) is 23.1. The average molecular weight is 566 g/mol. The van der Waals surface area contributed by atoms with Crippen molar-refractivity contribution in [1.82, 2.24) is 4.90 Å². The molecular formula is C25H31Cl2F2NO5S. The minimum absolute atomic E-state index is 0.0148. The quantitative estimate of drug-likeness (QED) is 0.500. The molecule has 0 aromatic heterocycles. The first-order valence-electron chi connectivity index (χ1n) is 11.0. The number of halogens is 4. The van der Waals surface area contributed by atoms with Crippen LogP contribution in [0.4, 0.5) is 8.78 Å². The first-order valence-corrected chi connectivity index (χ1v) is 13.0. The second-order valence-corrected chi connectivity index (χ2v) is 12.0. The second-order valence-electron chi connectivity index (χ2n) is 8.94. The van der Waals surface area contributed by atoms with E-state index in [0.29, 0.717) is 16.3 Å². The molecule has 0 radical (unpaired) electrons. The van der Waals surface area contributed by atoms with E-state index in [-0.39, 0.29) is 40.7 Å². The van der Waals surface area contributed by atoms with Gasteiger partial charge in [0.15, 0.2) is 0 Å². The number of amides is 1. The van der Waals surface area contributed by atoms with E-state index in [1.807, 2.05) is 27.7 Å². The number of nitrogens with zero attached hydrogens (tertiary/aromatic N) is 1. The molecule has 1 N–H and O–H groups in total. The fourth-order valence-corrected chi connectivity index (χ4v) is 4.52. The molecule has 1 amide bonds. The van der Waals surface area contributed by atoms with Gasteiger partial charge in [0.05, 0.1) is 17.7 Å². The zero-order chi connectivity index (χ0) is 27.6. The first kappa shape index (κ1) is 32.0. The molecule has 0 spiro atoms. The summed E-state index contributed by atoms with van der Waals surface area (Å²) in [4.78, 5) is 23.0. The molecule has 2 aromatic rings. The predicted octanol–water partition coefficient (Wildman–Crippen LogP) is 5.88. The standard InChI is InChI=1S/C17H23ClFNO3S.C6H4ClF.C2H4O2/c1-11(10-24(22)17(2,3)4)20-15(8-23-9-16(20)21)12-5-6-13(18)14(19)7-12;7-5-2-1-3-6(8)4-5;1-2(3)4/h5-7,11,15H,8-10H2,1-4H3;1-4H;1H3,(H,3,4). The molecule has 3 unspecified atom stereocenters. The van der Waals surface area contributed by atoms with Crippen LogP contribution in [0.25, 0.3) is 0 Å². The molecule has 1 heterocycles. The monoisotopic (exact) mass is 565 g/mol. The summed E-state index contributed by atoms with van der Waals surface area (Å²) in [5.41, 5.74) is 0.623. The summed E-state index contributed by atoms with van der Waals surface area (Å²) in [7, 11) is -1.09. The third kappa shape index (κ3) is 10.9. The molecule has 6 nitrogen and oxygen atoms in total. The van der Waals surface area contributed by atoms with Gasteiger partial charge in [-0.15, -0.1) is 0 Å². The van der Waals surface area contributed by atoms with Crippen LogP contribution in [-0.2, 0) is 25.1 Å². The maximum atomic E-state index is 13.8. The molecule has 0 saturated carbocycles. The van der Waals surface area contributed by atoms with E-state index in [4.69, 9.17) is 37.8 Å². The molecule has 1 aliphatic rings. The Morgan fingerprint density at radius 1 is 1.22 bits per heavy atom.